The summed E-state index contributed by atoms with van der Waals surface area (Å²) in [6, 6.07) is 0.651. The lowest BCUT2D eigenvalue weighted by molar-refractivity contribution is 0.0771. The molecule has 0 amide bonds. The lowest BCUT2D eigenvalue weighted by Crippen LogP contribution is -2.45. The Bertz CT molecular complexity index is 213. The minimum Gasteiger partial charge on any atom is -0.380 e. The highest BCUT2D eigenvalue weighted by Crippen LogP contribution is 2.33. The van der Waals surface area contributed by atoms with E-state index >= 15 is 0 Å². The first-order valence-corrected chi connectivity index (χ1v) is 8.43. The van der Waals surface area contributed by atoms with Crippen molar-refractivity contribution in [2.24, 2.45) is 5.92 Å². The van der Waals surface area contributed by atoms with Crippen LogP contribution >= 0.6 is 0 Å². The zero-order valence-corrected chi connectivity index (χ0v) is 13.7. The standard InChI is InChI=1S/C16H34N2O2/c1-4-9-17-16(15-7-8-15)14-18(10-12-19-5-2)11-13-20-6-3/h15-17H,4-14H2,1-3H3. The molecule has 4 nitrogen and oxygen atoms in total. The van der Waals surface area contributed by atoms with E-state index in [-0.39, 0.29) is 0 Å². The first-order valence-electron chi connectivity index (χ1n) is 8.43. The fraction of sp³-hybridized carbons (Fsp3) is 1.00. The molecule has 0 aromatic carbocycles. The van der Waals surface area contributed by atoms with E-state index in [4.69, 9.17) is 9.47 Å². The molecule has 0 heterocycles. The van der Waals surface area contributed by atoms with Crippen LogP contribution in [0, 0.1) is 5.92 Å². The first kappa shape index (κ1) is 17.9. The smallest absolute Gasteiger partial charge is 0.0593 e. The third kappa shape index (κ3) is 8.20. The summed E-state index contributed by atoms with van der Waals surface area (Å²) in [7, 11) is 0. The number of rotatable bonds is 14. The molecule has 0 aromatic rings. The fourth-order valence-electron chi connectivity index (χ4n) is 2.46. The Morgan fingerprint density at radius 1 is 1.05 bits per heavy atom. The summed E-state index contributed by atoms with van der Waals surface area (Å²) in [6.45, 7) is 13.9. The van der Waals surface area contributed by atoms with Crippen LogP contribution in [0.3, 0.4) is 0 Å². The van der Waals surface area contributed by atoms with Gasteiger partial charge in [0.2, 0.25) is 0 Å². The number of hydrogen-bond acceptors (Lipinski definition) is 4. The Morgan fingerprint density at radius 2 is 1.65 bits per heavy atom. The van der Waals surface area contributed by atoms with Crippen LogP contribution in [0.4, 0.5) is 0 Å². The van der Waals surface area contributed by atoms with Gasteiger partial charge in [-0.05, 0) is 45.6 Å². The van der Waals surface area contributed by atoms with Crippen molar-refractivity contribution in [3.8, 4) is 0 Å². The Balaban J connectivity index is 2.33. The van der Waals surface area contributed by atoms with Gasteiger partial charge >= 0.3 is 0 Å². The molecule has 1 rings (SSSR count). The zero-order chi connectivity index (χ0) is 14.6. The van der Waals surface area contributed by atoms with Gasteiger partial charge in [-0.15, -0.1) is 0 Å². The van der Waals surface area contributed by atoms with E-state index in [1.807, 2.05) is 0 Å². The van der Waals surface area contributed by atoms with Crippen molar-refractivity contribution in [2.45, 2.75) is 46.1 Å². The van der Waals surface area contributed by atoms with Crippen molar-refractivity contribution >= 4 is 0 Å². The lowest BCUT2D eigenvalue weighted by atomic mass is 10.1. The summed E-state index contributed by atoms with van der Waals surface area (Å²) in [4.78, 5) is 2.50. The Labute approximate surface area is 125 Å². The number of hydrogen-bond donors (Lipinski definition) is 1. The van der Waals surface area contributed by atoms with Gasteiger partial charge in [0.05, 0.1) is 13.2 Å². The van der Waals surface area contributed by atoms with E-state index in [0.717, 1.165) is 58.5 Å². The molecular formula is C16H34N2O2. The van der Waals surface area contributed by atoms with Crippen LogP contribution in [-0.2, 0) is 9.47 Å². The van der Waals surface area contributed by atoms with Crippen LogP contribution in [0.5, 0.6) is 0 Å². The summed E-state index contributed by atoms with van der Waals surface area (Å²) in [5.74, 6) is 0.892. The average molecular weight is 286 g/mol. The van der Waals surface area contributed by atoms with Crippen LogP contribution in [0.1, 0.15) is 40.0 Å². The topological polar surface area (TPSA) is 33.7 Å². The van der Waals surface area contributed by atoms with Crippen molar-refractivity contribution < 1.29 is 9.47 Å². The molecular weight excluding hydrogens is 252 g/mol. The van der Waals surface area contributed by atoms with E-state index in [9.17, 15) is 0 Å². The summed E-state index contributed by atoms with van der Waals surface area (Å²) in [6.07, 6.45) is 4.00. The minimum absolute atomic E-state index is 0.651. The van der Waals surface area contributed by atoms with Gasteiger partial charge in [0.25, 0.3) is 0 Å². The molecule has 0 aliphatic heterocycles. The maximum absolute atomic E-state index is 5.51. The molecule has 0 spiro atoms. The maximum Gasteiger partial charge on any atom is 0.0593 e. The van der Waals surface area contributed by atoms with Crippen LogP contribution in [0.2, 0.25) is 0 Å². The summed E-state index contributed by atoms with van der Waals surface area (Å²) in [5.41, 5.74) is 0. The van der Waals surface area contributed by atoms with E-state index in [0.29, 0.717) is 6.04 Å². The molecule has 0 aromatic heterocycles. The molecule has 4 heteroatoms. The Morgan fingerprint density at radius 3 is 2.10 bits per heavy atom. The SMILES string of the molecule is CCCNC(CN(CCOCC)CCOCC)C1CC1. The van der Waals surface area contributed by atoms with Crippen molar-refractivity contribution in [1.29, 1.82) is 0 Å². The predicted octanol–water partition coefficient (Wildman–Crippen LogP) is 2.14. The molecule has 1 aliphatic carbocycles. The molecule has 20 heavy (non-hydrogen) atoms. The van der Waals surface area contributed by atoms with Crippen molar-refractivity contribution in [3.63, 3.8) is 0 Å². The molecule has 1 aliphatic rings. The zero-order valence-electron chi connectivity index (χ0n) is 13.7. The van der Waals surface area contributed by atoms with E-state index in [1.54, 1.807) is 0 Å². The van der Waals surface area contributed by atoms with Crippen LogP contribution in [-0.4, -0.2) is 63.5 Å². The van der Waals surface area contributed by atoms with Gasteiger partial charge in [0.15, 0.2) is 0 Å². The lowest BCUT2D eigenvalue weighted by Gasteiger charge is -2.28. The van der Waals surface area contributed by atoms with E-state index in [2.05, 4.69) is 31.0 Å². The maximum atomic E-state index is 5.51. The Kier molecular flexibility index (Phi) is 10.3. The largest absolute Gasteiger partial charge is 0.380 e. The van der Waals surface area contributed by atoms with Gasteiger partial charge in [-0.1, -0.05) is 6.92 Å². The van der Waals surface area contributed by atoms with Gasteiger partial charge in [-0.2, -0.15) is 0 Å². The third-order valence-electron chi connectivity index (χ3n) is 3.81. The number of nitrogens with one attached hydrogen (secondary N) is 1. The molecule has 0 bridgehead atoms. The van der Waals surface area contributed by atoms with E-state index < -0.39 is 0 Å². The van der Waals surface area contributed by atoms with Gasteiger partial charge in [-0.25, -0.2) is 0 Å². The second kappa shape index (κ2) is 11.5. The Hall–Kier alpha value is -0.160. The summed E-state index contributed by atoms with van der Waals surface area (Å²) in [5, 5.41) is 3.72. The highest BCUT2D eigenvalue weighted by atomic mass is 16.5. The van der Waals surface area contributed by atoms with Gasteiger partial charge in [0.1, 0.15) is 0 Å². The number of nitrogens with zero attached hydrogens (tertiary/aromatic N) is 1. The normalized spacial score (nSPS) is 16.8. The van der Waals surface area contributed by atoms with Crippen molar-refractivity contribution in [1.82, 2.24) is 10.2 Å². The summed E-state index contributed by atoms with van der Waals surface area (Å²) < 4.78 is 11.0. The van der Waals surface area contributed by atoms with Crippen LogP contribution in [0.25, 0.3) is 0 Å². The van der Waals surface area contributed by atoms with Gasteiger partial charge in [0, 0.05) is 38.9 Å². The second-order valence-electron chi connectivity index (χ2n) is 5.59. The number of ether oxygens (including phenoxy) is 2. The second-order valence-corrected chi connectivity index (χ2v) is 5.59. The molecule has 1 N–H and O–H groups in total. The third-order valence-corrected chi connectivity index (χ3v) is 3.81. The average Bonchev–Trinajstić information content (AvgIpc) is 3.28. The minimum atomic E-state index is 0.651. The van der Waals surface area contributed by atoms with Crippen molar-refractivity contribution in [2.75, 3.05) is 52.6 Å². The molecule has 1 atom stereocenters. The van der Waals surface area contributed by atoms with Gasteiger partial charge in [-0.3, -0.25) is 4.90 Å². The molecule has 0 radical (unpaired) electrons. The molecule has 1 fully saturated rings. The fourth-order valence-corrected chi connectivity index (χ4v) is 2.46. The molecule has 1 unspecified atom stereocenters. The molecule has 1 saturated carbocycles. The van der Waals surface area contributed by atoms with Crippen LogP contribution in [0.15, 0.2) is 0 Å². The van der Waals surface area contributed by atoms with E-state index in [1.165, 1.54) is 19.3 Å². The molecule has 0 saturated heterocycles. The highest BCUT2D eigenvalue weighted by molar-refractivity contribution is 4.88. The predicted molar refractivity (Wildman–Crippen MR) is 84.2 cm³/mol. The monoisotopic (exact) mass is 286 g/mol. The summed E-state index contributed by atoms with van der Waals surface area (Å²) >= 11 is 0. The van der Waals surface area contributed by atoms with Crippen LogP contribution < -0.4 is 5.32 Å². The van der Waals surface area contributed by atoms with Crippen molar-refractivity contribution in [3.05, 3.63) is 0 Å². The highest BCUT2D eigenvalue weighted by Gasteiger charge is 2.31. The quantitative estimate of drug-likeness (QED) is 0.496. The van der Waals surface area contributed by atoms with Gasteiger partial charge < -0.3 is 14.8 Å². The first-order chi connectivity index (χ1) is 9.81. The molecule has 120 valence electrons.